The van der Waals surface area contributed by atoms with Gasteiger partial charge in [0, 0.05) is 17.1 Å². The third-order valence-electron chi connectivity index (χ3n) is 3.10. The van der Waals surface area contributed by atoms with E-state index in [0.29, 0.717) is 0 Å². The lowest BCUT2D eigenvalue weighted by atomic mass is 9.86. The van der Waals surface area contributed by atoms with Crippen molar-refractivity contribution in [3.05, 3.63) is 65.8 Å². The third kappa shape index (κ3) is 2.71. The summed E-state index contributed by atoms with van der Waals surface area (Å²) in [4.78, 5) is 0. The average Bonchev–Trinajstić information content (AvgIpc) is 2.38. The van der Waals surface area contributed by atoms with Crippen LogP contribution in [0.15, 0.2) is 60.2 Å². The Balaban J connectivity index is 2.26. The molecule has 2 N–H and O–H groups in total. The lowest BCUT2D eigenvalue weighted by molar-refractivity contribution is 0.0542. The van der Waals surface area contributed by atoms with Crippen molar-refractivity contribution >= 4 is 5.76 Å². The summed E-state index contributed by atoms with van der Waals surface area (Å²) in [7, 11) is 0. The van der Waals surface area contributed by atoms with E-state index in [1.807, 2.05) is 54.6 Å². The van der Waals surface area contributed by atoms with Crippen molar-refractivity contribution in [2.24, 2.45) is 5.92 Å². The molecule has 1 aromatic rings. The van der Waals surface area contributed by atoms with Crippen LogP contribution in [0.3, 0.4) is 0 Å². The van der Waals surface area contributed by atoms with Gasteiger partial charge in [-0.15, -0.1) is 0 Å². The van der Waals surface area contributed by atoms with Crippen LogP contribution in [0, 0.1) is 5.92 Å². The zero-order valence-electron chi connectivity index (χ0n) is 10.7. The van der Waals surface area contributed by atoms with E-state index in [9.17, 15) is 10.2 Å². The van der Waals surface area contributed by atoms with Gasteiger partial charge in [0.05, 0.1) is 5.60 Å². The van der Waals surface area contributed by atoms with Crippen LogP contribution in [0.1, 0.15) is 19.4 Å². The number of aliphatic hydroxyl groups is 2. The second kappa shape index (κ2) is 4.83. The molecule has 0 aliphatic heterocycles. The molecule has 0 atom stereocenters. The van der Waals surface area contributed by atoms with E-state index in [-0.39, 0.29) is 11.7 Å². The van der Waals surface area contributed by atoms with Crippen molar-refractivity contribution in [1.29, 1.82) is 0 Å². The zero-order chi connectivity index (χ0) is 13.2. The predicted molar refractivity (Wildman–Crippen MR) is 74.1 cm³/mol. The molecule has 94 valence electrons. The Kier molecular flexibility index (Phi) is 3.39. The van der Waals surface area contributed by atoms with Crippen LogP contribution in [0.25, 0.3) is 5.76 Å². The topological polar surface area (TPSA) is 40.5 Å². The summed E-state index contributed by atoms with van der Waals surface area (Å²) in [6, 6.07) is 9.43. The highest BCUT2D eigenvalue weighted by Crippen LogP contribution is 2.27. The maximum absolute atomic E-state index is 10.1. The van der Waals surface area contributed by atoms with E-state index in [2.05, 4.69) is 0 Å². The Bertz CT molecular complexity index is 486. The second-order valence-electron chi connectivity index (χ2n) is 5.07. The Labute approximate surface area is 108 Å². The monoisotopic (exact) mass is 242 g/mol. The molecule has 1 aliphatic carbocycles. The van der Waals surface area contributed by atoms with Crippen LogP contribution in [0.4, 0.5) is 0 Å². The molecular weight excluding hydrogens is 224 g/mol. The molecule has 2 nitrogen and oxygen atoms in total. The maximum atomic E-state index is 10.1. The van der Waals surface area contributed by atoms with E-state index in [1.165, 1.54) is 0 Å². The van der Waals surface area contributed by atoms with Crippen molar-refractivity contribution < 1.29 is 10.2 Å². The summed E-state index contributed by atoms with van der Waals surface area (Å²) in [5, 5.41) is 20.1. The minimum atomic E-state index is -0.777. The molecule has 1 aromatic carbocycles. The first kappa shape index (κ1) is 12.7. The number of allylic oxidation sites excluding steroid dienone is 3. The normalized spacial score (nSPS) is 19.1. The van der Waals surface area contributed by atoms with Gasteiger partial charge in [0.2, 0.25) is 0 Å². The highest BCUT2D eigenvalue weighted by atomic mass is 16.3. The van der Waals surface area contributed by atoms with Gasteiger partial charge in [-0.25, -0.2) is 0 Å². The van der Waals surface area contributed by atoms with E-state index in [1.54, 1.807) is 13.8 Å². The molecule has 0 aromatic heterocycles. The van der Waals surface area contributed by atoms with Crippen molar-refractivity contribution in [2.75, 3.05) is 0 Å². The van der Waals surface area contributed by atoms with Crippen LogP contribution >= 0.6 is 0 Å². The van der Waals surface area contributed by atoms with Crippen LogP contribution < -0.4 is 0 Å². The number of benzene rings is 1. The van der Waals surface area contributed by atoms with Crippen LogP contribution in [-0.4, -0.2) is 15.8 Å². The molecule has 2 rings (SSSR count). The molecule has 0 radical (unpaired) electrons. The first-order valence-electron chi connectivity index (χ1n) is 6.06. The molecule has 0 heterocycles. The summed E-state index contributed by atoms with van der Waals surface area (Å²) in [6.45, 7) is 3.55. The van der Waals surface area contributed by atoms with Gasteiger partial charge in [-0.3, -0.25) is 0 Å². The van der Waals surface area contributed by atoms with Gasteiger partial charge in [-0.1, -0.05) is 54.6 Å². The molecule has 0 bridgehead atoms. The van der Waals surface area contributed by atoms with Gasteiger partial charge >= 0.3 is 0 Å². The summed E-state index contributed by atoms with van der Waals surface area (Å²) in [5.74, 6) is 0.238. The summed E-state index contributed by atoms with van der Waals surface area (Å²) >= 11 is 0. The van der Waals surface area contributed by atoms with Crippen LogP contribution in [0.2, 0.25) is 0 Å². The van der Waals surface area contributed by atoms with Gasteiger partial charge in [-0.2, -0.15) is 0 Å². The second-order valence-corrected chi connectivity index (χ2v) is 5.07. The van der Waals surface area contributed by atoms with Crippen molar-refractivity contribution in [2.45, 2.75) is 19.4 Å². The fourth-order valence-corrected chi connectivity index (χ4v) is 1.93. The molecule has 18 heavy (non-hydrogen) atoms. The summed E-state index contributed by atoms with van der Waals surface area (Å²) in [5.41, 5.74) is 0.783. The maximum Gasteiger partial charge on any atom is 0.129 e. The largest absolute Gasteiger partial charge is 0.507 e. The van der Waals surface area contributed by atoms with E-state index in [4.69, 9.17) is 0 Å². The quantitative estimate of drug-likeness (QED) is 0.780. The molecule has 0 saturated heterocycles. The van der Waals surface area contributed by atoms with E-state index >= 15 is 0 Å². The zero-order valence-corrected chi connectivity index (χ0v) is 10.7. The number of hydrogen-bond acceptors (Lipinski definition) is 2. The lowest BCUT2D eigenvalue weighted by Crippen LogP contribution is -2.28. The molecule has 1 aliphatic rings. The molecule has 0 spiro atoms. The third-order valence-corrected chi connectivity index (χ3v) is 3.10. The summed E-state index contributed by atoms with van der Waals surface area (Å²) in [6.07, 6.45) is 7.53. The number of hydrogen-bond donors (Lipinski definition) is 2. The van der Waals surface area contributed by atoms with Crippen molar-refractivity contribution in [3.8, 4) is 0 Å². The molecule has 0 saturated carbocycles. The minimum Gasteiger partial charge on any atom is -0.507 e. The van der Waals surface area contributed by atoms with Crippen LogP contribution in [-0.2, 0) is 0 Å². The highest BCUT2D eigenvalue weighted by Gasteiger charge is 2.23. The molecule has 0 fully saturated rings. The first-order valence-corrected chi connectivity index (χ1v) is 6.06. The fraction of sp³-hybridized carbons (Fsp3) is 0.250. The molecule has 0 unspecified atom stereocenters. The van der Waals surface area contributed by atoms with Gasteiger partial charge < -0.3 is 10.2 Å². The Morgan fingerprint density at radius 1 is 1.06 bits per heavy atom. The predicted octanol–water partition coefficient (Wildman–Crippen LogP) is 3.47. The lowest BCUT2D eigenvalue weighted by Gasteiger charge is -2.25. The number of rotatable bonds is 2. The van der Waals surface area contributed by atoms with Gasteiger partial charge in [0.1, 0.15) is 5.76 Å². The smallest absolute Gasteiger partial charge is 0.129 e. The van der Waals surface area contributed by atoms with E-state index < -0.39 is 5.60 Å². The average molecular weight is 242 g/mol. The van der Waals surface area contributed by atoms with Gasteiger partial charge in [0.15, 0.2) is 0 Å². The Morgan fingerprint density at radius 3 is 2.11 bits per heavy atom. The molecule has 0 amide bonds. The summed E-state index contributed by atoms with van der Waals surface area (Å²) < 4.78 is 0. The van der Waals surface area contributed by atoms with Crippen LogP contribution in [0.5, 0.6) is 0 Å². The Hall–Kier alpha value is -1.80. The molecular formula is C16H18O2. The van der Waals surface area contributed by atoms with Gasteiger partial charge in [0.25, 0.3) is 0 Å². The first-order chi connectivity index (χ1) is 8.48. The minimum absolute atomic E-state index is 0.0233. The Morgan fingerprint density at radius 2 is 1.61 bits per heavy atom. The van der Waals surface area contributed by atoms with Crippen molar-refractivity contribution in [1.82, 2.24) is 0 Å². The highest BCUT2D eigenvalue weighted by molar-refractivity contribution is 5.67. The molecule has 2 heteroatoms. The van der Waals surface area contributed by atoms with E-state index in [0.717, 1.165) is 11.1 Å². The standard InChI is InChI=1S/C16H18O2/c1-16(2,18)14-10-8-13(9-11-14)15(17)12-6-4-3-5-7-12/h3-11,14,17-18H,1-2H3. The van der Waals surface area contributed by atoms with Gasteiger partial charge in [-0.05, 0) is 13.8 Å². The fourth-order valence-electron chi connectivity index (χ4n) is 1.93. The number of aliphatic hydroxyl groups excluding tert-OH is 1. The van der Waals surface area contributed by atoms with Crippen molar-refractivity contribution in [3.63, 3.8) is 0 Å². The SMILES string of the molecule is CC(C)(O)C1C=CC(=C(O)c2ccccc2)C=C1.